The van der Waals surface area contributed by atoms with E-state index in [1.165, 1.54) is 11.8 Å². The average Bonchev–Trinajstić information content (AvgIpc) is 3.32. The van der Waals surface area contributed by atoms with Gasteiger partial charge >= 0.3 is 0 Å². The highest BCUT2D eigenvalue weighted by Crippen LogP contribution is 2.25. The van der Waals surface area contributed by atoms with Gasteiger partial charge in [-0.25, -0.2) is 15.0 Å². The van der Waals surface area contributed by atoms with Gasteiger partial charge in [-0.3, -0.25) is 4.68 Å². The molecule has 3 heterocycles. The standard InChI is InChI=1S/C19H18N6S/c1-24-13-20-11-16(24)12-25-9-7-18(23-25)15-5-3-4-14(10-15)17-6-8-21-19(22-17)26-2/h3-11,13H,12H2,1-2H3. The molecule has 0 aliphatic heterocycles. The molecule has 0 fully saturated rings. The van der Waals surface area contributed by atoms with Crippen LogP contribution in [0.2, 0.25) is 0 Å². The fraction of sp³-hybridized carbons (Fsp3) is 0.158. The van der Waals surface area contributed by atoms with Crippen molar-refractivity contribution in [2.45, 2.75) is 11.7 Å². The number of aromatic nitrogens is 6. The van der Waals surface area contributed by atoms with E-state index in [2.05, 4.69) is 33.2 Å². The summed E-state index contributed by atoms with van der Waals surface area (Å²) in [6, 6.07) is 12.2. The van der Waals surface area contributed by atoms with Gasteiger partial charge in [0, 0.05) is 30.6 Å². The number of benzene rings is 1. The topological polar surface area (TPSA) is 61.4 Å². The molecular formula is C19H18N6S. The maximum atomic E-state index is 4.70. The van der Waals surface area contributed by atoms with Gasteiger partial charge in [0.25, 0.3) is 0 Å². The fourth-order valence-electron chi connectivity index (χ4n) is 2.74. The first-order chi connectivity index (χ1) is 12.7. The van der Waals surface area contributed by atoms with E-state index < -0.39 is 0 Å². The second-order valence-electron chi connectivity index (χ2n) is 5.90. The molecule has 4 rings (SSSR count). The van der Waals surface area contributed by atoms with Crippen LogP contribution in [0.15, 0.2) is 66.5 Å². The van der Waals surface area contributed by atoms with E-state index in [0.29, 0.717) is 6.54 Å². The molecule has 0 saturated carbocycles. The van der Waals surface area contributed by atoms with E-state index >= 15 is 0 Å². The van der Waals surface area contributed by atoms with Crippen LogP contribution < -0.4 is 0 Å². The van der Waals surface area contributed by atoms with Crippen LogP contribution in [-0.4, -0.2) is 35.6 Å². The Morgan fingerprint density at radius 1 is 1.08 bits per heavy atom. The second kappa shape index (κ2) is 7.13. The van der Waals surface area contributed by atoms with Gasteiger partial charge < -0.3 is 4.57 Å². The molecular weight excluding hydrogens is 344 g/mol. The van der Waals surface area contributed by atoms with Gasteiger partial charge in [0.1, 0.15) is 0 Å². The van der Waals surface area contributed by atoms with Crippen molar-refractivity contribution in [3.63, 3.8) is 0 Å². The lowest BCUT2D eigenvalue weighted by molar-refractivity contribution is 0.650. The molecule has 3 aromatic heterocycles. The van der Waals surface area contributed by atoms with Crippen LogP contribution in [0.1, 0.15) is 5.69 Å². The first-order valence-corrected chi connectivity index (χ1v) is 9.42. The number of imidazole rings is 1. The number of nitrogens with zero attached hydrogens (tertiary/aromatic N) is 6. The molecule has 0 aliphatic carbocycles. The summed E-state index contributed by atoms with van der Waals surface area (Å²) in [6.45, 7) is 0.694. The minimum atomic E-state index is 0.694. The summed E-state index contributed by atoms with van der Waals surface area (Å²) in [5.74, 6) is 0. The zero-order valence-electron chi connectivity index (χ0n) is 14.6. The summed E-state index contributed by atoms with van der Waals surface area (Å²) < 4.78 is 3.93. The molecule has 0 bridgehead atoms. The van der Waals surface area contributed by atoms with Gasteiger partial charge in [-0.15, -0.1) is 0 Å². The highest BCUT2D eigenvalue weighted by atomic mass is 32.2. The van der Waals surface area contributed by atoms with Crippen LogP contribution in [-0.2, 0) is 13.6 Å². The van der Waals surface area contributed by atoms with Crippen LogP contribution in [0.25, 0.3) is 22.5 Å². The van der Waals surface area contributed by atoms with Crippen LogP contribution >= 0.6 is 11.8 Å². The molecule has 0 unspecified atom stereocenters. The van der Waals surface area contributed by atoms with Crippen LogP contribution in [0, 0.1) is 0 Å². The van der Waals surface area contributed by atoms with Crippen molar-refractivity contribution in [2.75, 3.05) is 6.26 Å². The number of aryl methyl sites for hydroxylation is 1. The van der Waals surface area contributed by atoms with E-state index in [-0.39, 0.29) is 0 Å². The van der Waals surface area contributed by atoms with Crippen LogP contribution in [0.5, 0.6) is 0 Å². The van der Waals surface area contributed by atoms with Crippen molar-refractivity contribution < 1.29 is 0 Å². The molecule has 0 spiro atoms. The maximum Gasteiger partial charge on any atom is 0.187 e. The summed E-state index contributed by atoms with van der Waals surface area (Å²) in [5, 5.41) is 5.48. The molecule has 130 valence electrons. The highest BCUT2D eigenvalue weighted by Gasteiger charge is 2.08. The number of hydrogen-bond acceptors (Lipinski definition) is 5. The van der Waals surface area contributed by atoms with E-state index in [1.807, 2.05) is 53.1 Å². The molecule has 0 N–H and O–H groups in total. The third kappa shape index (κ3) is 3.39. The lowest BCUT2D eigenvalue weighted by Crippen LogP contribution is -2.04. The Bertz CT molecular complexity index is 1040. The predicted octanol–water partition coefficient (Wildman–Crippen LogP) is 3.51. The Balaban J connectivity index is 1.61. The van der Waals surface area contributed by atoms with E-state index in [4.69, 9.17) is 5.10 Å². The quantitative estimate of drug-likeness (QED) is 0.402. The molecule has 1 aromatic carbocycles. The van der Waals surface area contributed by atoms with Crippen molar-refractivity contribution in [1.29, 1.82) is 0 Å². The number of thioether (sulfide) groups is 1. The summed E-state index contributed by atoms with van der Waals surface area (Å²) in [5.41, 5.74) is 5.09. The molecule has 7 heteroatoms. The Labute approximate surface area is 156 Å². The molecule has 6 nitrogen and oxygen atoms in total. The third-order valence-corrected chi connectivity index (χ3v) is 4.71. The van der Waals surface area contributed by atoms with Crippen molar-refractivity contribution in [3.05, 3.63) is 67.0 Å². The predicted molar refractivity (Wildman–Crippen MR) is 103 cm³/mol. The van der Waals surface area contributed by atoms with E-state index in [1.54, 1.807) is 12.5 Å². The van der Waals surface area contributed by atoms with E-state index in [9.17, 15) is 0 Å². The van der Waals surface area contributed by atoms with Gasteiger partial charge in [-0.2, -0.15) is 5.10 Å². The smallest absolute Gasteiger partial charge is 0.187 e. The van der Waals surface area contributed by atoms with Gasteiger partial charge in [0.05, 0.1) is 36.2 Å². The van der Waals surface area contributed by atoms with Crippen molar-refractivity contribution in [3.8, 4) is 22.5 Å². The minimum absolute atomic E-state index is 0.694. The molecule has 0 radical (unpaired) electrons. The summed E-state index contributed by atoms with van der Waals surface area (Å²) >= 11 is 1.54. The second-order valence-corrected chi connectivity index (χ2v) is 6.68. The lowest BCUT2D eigenvalue weighted by Gasteiger charge is -2.05. The number of rotatable bonds is 5. The third-order valence-electron chi connectivity index (χ3n) is 4.15. The molecule has 0 saturated heterocycles. The number of hydrogen-bond donors (Lipinski definition) is 0. The molecule has 0 amide bonds. The highest BCUT2D eigenvalue weighted by molar-refractivity contribution is 7.98. The maximum absolute atomic E-state index is 4.70. The van der Waals surface area contributed by atoms with Gasteiger partial charge in [0.15, 0.2) is 5.16 Å². The fourth-order valence-corrected chi connectivity index (χ4v) is 3.10. The van der Waals surface area contributed by atoms with Crippen molar-refractivity contribution in [1.82, 2.24) is 29.3 Å². The minimum Gasteiger partial charge on any atom is -0.336 e. The van der Waals surface area contributed by atoms with Crippen LogP contribution in [0.3, 0.4) is 0 Å². The summed E-state index contributed by atoms with van der Waals surface area (Å²) in [4.78, 5) is 13.0. The SMILES string of the molecule is CSc1nccc(-c2cccc(-c3ccn(Cc4cncn4C)n3)c2)n1. The molecule has 0 aliphatic rings. The Morgan fingerprint density at radius 3 is 2.69 bits per heavy atom. The molecule has 0 atom stereocenters. The Morgan fingerprint density at radius 2 is 1.92 bits per heavy atom. The summed E-state index contributed by atoms with van der Waals surface area (Å²) in [6.07, 6.45) is 9.42. The monoisotopic (exact) mass is 362 g/mol. The lowest BCUT2D eigenvalue weighted by atomic mass is 10.1. The summed E-state index contributed by atoms with van der Waals surface area (Å²) in [7, 11) is 1.99. The first kappa shape index (κ1) is 16.5. The first-order valence-electron chi connectivity index (χ1n) is 8.19. The largest absolute Gasteiger partial charge is 0.336 e. The normalized spacial score (nSPS) is 11.0. The van der Waals surface area contributed by atoms with E-state index in [0.717, 1.165) is 33.4 Å². The zero-order valence-corrected chi connectivity index (χ0v) is 15.4. The Hall–Kier alpha value is -2.93. The molecule has 4 aromatic rings. The van der Waals surface area contributed by atoms with Gasteiger partial charge in [-0.05, 0) is 24.5 Å². The van der Waals surface area contributed by atoms with Gasteiger partial charge in [0.2, 0.25) is 0 Å². The van der Waals surface area contributed by atoms with Crippen LogP contribution in [0.4, 0.5) is 0 Å². The Kier molecular flexibility index (Phi) is 4.53. The van der Waals surface area contributed by atoms with Crippen molar-refractivity contribution in [2.24, 2.45) is 7.05 Å². The molecule has 26 heavy (non-hydrogen) atoms. The zero-order chi connectivity index (χ0) is 17.9. The van der Waals surface area contributed by atoms with Crippen molar-refractivity contribution >= 4 is 11.8 Å². The van der Waals surface area contributed by atoms with Gasteiger partial charge in [-0.1, -0.05) is 30.0 Å². The average molecular weight is 362 g/mol.